The number of amides is 1. The van der Waals surface area contributed by atoms with E-state index < -0.39 is 0 Å². The monoisotopic (exact) mass is 368 g/mol. The molecule has 0 atom stereocenters. The number of hydrogen-bond donors (Lipinski definition) is 0. The lowest BCUT2D eigenvalue weighted by Crippen LogP contribution is -2.31. The Morgan fingerprint density at radius 1 is 1.08 bits per heavy atom. The van der Waals surface area contributed by atoms with Crippen molar-refractivity contribution in [2.75, 3.05) is 18.8 Å². The third kappa shape index (κ3) is 3.90. The number of hydrogen-bond acceptors (Lipinski definition) is 4. The van der Waals surface area contributed by atoms with Gasteiger partial charge in [-0.3, -0.25) is 4.79 Å². The van der Waals surface area contributed by atoms with Gasteiger partial charge in [0, 0.05) is 26.6 Å². The van der Waals surface area contributed by atoms with E-state index in [2.05, 4.69) is 52.7 Å². The molecule has 0 aliphatic carbocycles. The molecule has 0 radical (unpaired) electrons. The minimum absolute atomic E-state index is 0.138. The summed E-state index contributed by atoms with van der Waals surface area (Å²) in [6.45, 7) is 5.47. The van der Waals surface area contributed by atoms with Crippen molar-refractivity contribution in [1.29, 1.82) is 0 Å². The molecule has 1 amide bonds. The maximum Gasteiger partial charge on any atom is 0.233 e. The van der Waals surface area contributed by atoms with Crippen molar-refractivity contribution in [2.45, 2.75) is 25.4 Å². The molecular formula is C20H24N4OS. The van der Waals surface area contributed by atoms with Gasteiger partial charge in [-0.2, -0.15) is 0 Å². The zero-order valence-electron chi connectivity index (χ0n) is 15.5. The van der Waals surface area contributed by atoms with Gasteiger partial charge in [-0.15, -0.1) is 10.2 Å². The molecule has 0 aliphatic rings. The molecule has 5 nitrogen and oxygen atoms in total. The summed E-state index contributed by atoms with van der Waals surface area (Å²) < 4.78 is 1.99. The Labute approximate surface area is 158 Å². The molecule has 0 unspecified atom stereocenters. The highest BCUT2D eigenvalue weighted by molar-refractivity contribution is 7.99. The second-order valence-electron chi connectivity index (χ2n) is 6.13. The van der Waals surface area contributed by atoms with Crippen LogP contribution in [-0.4, -0.2) is 44.4 Å². The quantitative estimate of drug-likeness (QED) is 0.599. The van der Waals surface area contributed by atoms with Crippen LogP contribution in [0, 0.1) is 0 Å². The third-order valence-electron chi connectivity index (χ3n) is 4.59. The number of benzene rings is 2. The molecule has 6 heteroatoms. The summed E-state index contributed by atoms with van der Waals surface area (Å²) in [5, 5.41) is 11.9. The summed E-state index contributed by atoms with van der Waals surface area (Å²) in [5.74, 6) is 1.43. The van der Waals surface area contributed by atoms with Crippen molar-refractivity contribution in [3.05, 3.63) is 53.9 Å². The van der Waals surface area contributed by atoms with Gasteiger partial charge < -0.3 is 9.47 Å². The van der Waals surface area contributed by atoms with Crippen LogP contribution >= 0.6 is 11.8 Å². The fraction of sp³-hybridized carbons (Fsp3) is 0.350. The van der Waals surface area contributed by atoms with Crippen LogP contribution in [-0.2, 0) is 18.3 Å². The lowest BCUT2D eigenvalue weighted by molar-refractivity contribution is -0.127. The summed E-state index contributed by atoms with van der Waals surface area (Å²) >= 11 is 1.45. The van der Waals surface area contributed by atoms with Gasteiger partial charge in [0.2, 0.25) is 5.91 Å². The fourth-order valence-corrected chi connectivity index (χ4v) is 3.87. The van der Waals surface area contributed by atoms with Gasteiger partial charge in [-0.25, -0.2) is 0 Å². The second-order valence-corrected chi connectivity index (χ2v) is 7.07. The maximum atomic E-state index is 12.2. The third-order valence-corrected chi connectivity index (χ3v) is 5.60. The zero-order valence-corrected chi connectivity index (χ0v) is 16.3. The van der Waals surface area contributed by atoms with E-state index >= 15 is 0 Å². The molecule has 136 valence electrons. The zero-order chi connectivity index (χ0) is 18.5. The first-order valence-corrected chi connectivity index (χ1v) is 9.88. The topological polar surface area (TPSA) is 51.0 Å². The first-order chi connectivity index (χ1) is 12.6. The summed E-state index contributed by atoms with van der Waals surface area (Å²) in [5.41, 5.74) is 1.23. The average Bonchev–Trinajstić information content (AvgIpc) is 3.01. The Bertz CT molecular complexity index is 896. The number of nitrogens with zero attached hydrogens (tertiary/aromatic N) is 4. The Balaban J connectivity index is 1.74. The molecule has 3 aromatic rings. The number of aromatic nitrogens is 3. The number of rotatable bonds is 7. The van der Waals surface area contributed by atoms with Crippen LogP contribution in [0.2, 0.25) is 0 Å². The van der Waals surface area contributed by atoms with Crippen LogP contribution in [0.15, 0.2) is 47.6 Å². The normalized spacial score (nSPS) is 11.0. The Morgan fingerprint density at radius 3 is 2.58 bits per heavy atom. The van der Waals surface area contributed by atoms with Gasteiger partial charge in [0.1, 0.15) is 5.82 Å². The Morgan fingerprint density at radius 2 is 1.81 bits per heavy atom. The molecule has 0 bridgehead atoms. The minimum Gasteiger partial charge on any atom is -0.343 e. The van der Waals surface area contributed by atoms with Crippen LogP contribution in [0.4, 0.5) is 0 Å². The summed E-state index contributed by atoms with van der Waals surface area (Å²) in [7, 11) is 1.96. The van der Waals surface area contributed by atoms with Crippen molar-refractivity contribution in [3.63, 3.8) is 0 Å². The van der Waals surface area contributed by atoms with E-state index in [0.717, 1.165) is 30.5 Å². The van der Waals surface area contributed by atoms with Crippen molar-refractivity contribution < 1.29 is 4.79 Å². The average molecular weight is 369 g/mol. The number of carbonyl (C=O) groups is 1. The minimum atomic E-state index is 0.138. The van der Waals surface area contributed by atoms with Gasteiger partial charge in [0.05, 0.1) is 5.75 Å². The van der Waals surface area contributed by atoms with E-state index in [4.69, 9.17) is 0 Å². The number of fused-ring (bicyclic) bond motifs is 1. The highest BCUT2D eigenvalue weighted by atomic mass is 32.2. The van der Waals surface area contributed by atoms with E-state index in [1.165, 1.54) is 28.1 Å². The lowest BCUT2D eigenvalue weighted by atomic mass is 10.0. The van der Waals surface area contributed by atoms with Crippen molar-refractivity contribution in [1.82, 2.24) is 19.7 Å². The van der Waals surface area contributed by atoms with Crippen molar-refractivity contribution >= 4 is 28.4 Å². The van der Waals surface area contributed by atoms with Gasteiger partial charge in [0.15, 0.2) is 5.16 Å². The van der Waals surface area contributed by atoms with Gasteiger partial charge in [-0.1, -0.05) is 54.2 Å². The first-order valence-electron chi connectivity index (χ1n) is 8.89. The summed E-state index contributed by atoms with van der Waals surface area (Å²) in [6, 6.07) is 14.7. The van der Waals surface area contributed by atoms with Crippen molar-refractivity contribution in [3.8, 4) is 0 Å². The number of carbonyl (C=O) groups excluding carboxylic acids is 1. The molecule has 0 saturated carbocycles. The molecule has 0 N–H and O–H groups in total. The molecule has 0 saturated heterocycles. The molecule has 2 aromatic carbocycles. The highest BCUT2D eigenvalue weighted by Crippen LogP contribution is 2.22. The Kier molecular flexibility index (Phi) is 5.93. The van der Waals surface area contributed by atoms with E-state index in [-0.39, 0.29) is 5.91 Å². The predicted molar refractivity (Wildman–Crippen MR) is 106 cm³/mol. The second kappa shape index (κ2) is 8.36. The standard InChI is InChI=1S/C20H24N4OS/c1-4-24(5-2)19(25)14-26-20-22-21-18(23(20)3)13-16-11-8-10-15-9-6-7-12-17(15)16/h6-12H,4-5,13-14H2,1-3H3. The van der Waals surface area contributed by atoms with Crippen LogP contribution < -0.4 is 0 Å². The number of thioether (sulfide) groups is 1. The molecular weight excluding hydrogens is 344 g/mol. The van der Waals surface area contributed by atoms with Crippen LogP contribution in [0.1, 0.15) is 25.2 Å². The predicted octanol–water partition coefficient (Wildman–Crippen LogP) is 3.52. The first kappa shape index (κ1) is 18.5. The van der Waals surface area contributed by atoms with Gasteiger partial charge in [0.25, 0.3) is 0 Å². The maximum absolute atomic E-state index is 12.2. The van der Waals surface area contributed by atoms with Crippen LogP contribution in [0.3, 0.4) is 0 Å². The van der Waals surface area contributed by atoms with Crippen LogP contribution in [0.5, 0.6) is 0 Å². The molecule has 26 heavy (non-hydrogen) atoms. The van der Waals surface area contributed by atoms with Gasteiger partial charge in [-0.05, 0) is 30.2 Å². The SMILES string of the molecule is CCN(CC)C(=O)CSc1nnc(Cc2cccc3ccccc23)n1C. The van der Waals surface area contributed by atoms with Gasteiger partial charge >= 0.3 is 0 Å². The smallest absolute Gasteiger partial charge is 0.233 e. The van der Waals surface area contributed by atoms with Crippen molar-refractivity contribution in [2.24, 2.45) is 7.05 Å². The van der Waals surface area contributed by atoms with E-state index in [9.17, 15) is 4.79 Å². The molecule has 0 fully saturated rings. The fourth-order valence-electron chi connectivity index (χ4n) is 3.04. The molecule has 0 spiro atoms. The molecule has 1 heterocycles. The summed E-state index contributed by atoms with van der Waals surface area (Å²) in [4.78, 5) is 14.0. The molecule has 0 aliphatic heterocycles. The van der Waals surface area contributed by atoms with E-state index in [1.807, 2.05) is 30.4 Å². The molecule has 1 aromatic heterocycles. The Hall–Kier alpha value is -2.34. The molecule has 3 rings (SSSR count). The van der Waals surface area contributed by atoms with E-state index in [0.29, 0.717) is 5.75 Å². The summed E-state index contributed by atoms with van der Waals surface area (Å²) in [6.07, 6.45) is 0.718. The van der Waals surface area contributed by atoms with E-state index in [1.54, 1.807) is 0 Å². The lowest BCUT2D eigenvalue weighted by Gasteiger charge is -2.17. The highest BCUT2D eigenvalue weighted by Gasteiger charge is 2.15. The largest absolute Gasteiger partial charge is 0.343 e. The van der Waals surface area contributed by atoms with Crippen LogP contribution in [0.25, 0.3) is 10.8 Å².